The lowest BCUT2D eigenvalue weighted by Crippen LogP contribution is -2.57. The molecular weight excluding hydrogens is 955 g/mol. The van der Waals surface area contributed by atoms with E-state index in [4.69, 9.17) is 26.1 Å². The molecule has 0 radical (unpaired) electrons. The predicted octanol–water partition coefficient (Wildman–Crippen LogP) is 0.720. The average molecular weight is 1010 g/mol. The number of aryl methyl sites for hydroxylation is 1. The molecule has 5 atom stereocenters. The number of fused-ring (bicyclic) bond motifs is 5. The number of nitrogens with two attached hydrogens (primary N) is 3. The zero-order chi connectivity index (χ0) is 52.5. The van der Waals surface area contributed by atoms with Crippen LogP contribution < -0.4 is 46.8 Å². The fraction of sp³-hybridized carbons (Fsp3) is 0.413. The van der Waals surface area contributed by atoms with Gasteiger partial charge in [-0.05, 0) is 62.2 Å². The number of carbonyl (C=O) groups excluding carboxylic acids is 4. The van der Waals surface area contributed by atoms with E-state index in [9.17, 15) is 56.5 Å². The number of nitrogens with one attached hydrogen (secondary N) is 4. The Morgan fingerprint density at radius 1 is 1.00 bits per heavy atom. The molecule has 4 aromatic rings. The number of aliphatic hydroxyl groups excluding tert-OH is 1. The Labute approximate surface area is 407 Å². The van der Waals surface area contributed by atoms with Gasteiger partial charge in [-0.2, -0.15) is 13.1 Å². The van der Waals surface area contributed by atoms with Crippen molar-refractivity contribution in [2.24, 2.45) is 22.5 Å². The molecule has 0 saturated heterocycles. The molecule has 1 aromatic heterocycles. The molecule has 13 N–H and O–H groups in total. The lowest BCUT2D eigenvalue weighted by molar-refractivity contribution is -0.143. The second-order valence-corrected chi connectivity index (χ2v) is 18.5. The number of aliphatic hydroxyl groups is 1. The van der Waals surface area contributed by atoms with Gasteiger partial charge in [0.15, 0.2) is 17.3 Å². The predicted molar refractivity (Wildman–Crippen MR) is 253 cm³/mol. The Balaban J connectivity index is 1.62. The van der Waals surface area contributed by atoms with Gasteiger partial charge in [0.2, 0.25) is 17.7 Å². The number of aromatic hydroxyl groups is 1. The number of aliphatic carboxylic acids is 1. The van der Waals surface area contributed by atoms with Crippen LogP contribution >= 0.6 is 0 Å². The van der Waals surface area contributed by atoms with E-state index in [-0.39, 0.29) is 83.6 Å². The molecule has 2 heterocycles. The fourth-order valence-electron chi connectivity index (χ4n) is 7.32. The van der Waals surface area contributed by atoms with Crippen LogP contribution in [0.1, 0.15) is 66.0 Å². The number of benzene rings is 3. The summed E-state index contributed by atoms with van der Waals surface area (Å²) in [5.41, 5.74) is 11.6. The van der Waals surface area contributed by atoms with E-state index in [0.717, 1.165) is 18.1 Å². The number of ether oxygens (including phenoxy) is 2. The smallest absolute Gasteiger partial charge is 0.326 e. The van der Waals surface area contributed by atoms with Crippen LogP contribution in [0.25, 0.3) is 22.5 Å². The summed E-state index contributed by atoms with van der Waals surface area (Å²) in [6.45, 7) is 4.21. The highest BCUT2D eigenvalue weighted by Gasteiger charge is 2.38. The van der Waals surface area contributed by atoms with Gasteiger partial charge >= 0.3 is 5.97 Å². The minimum atomic E-state index is -4.54. The molecular formula is C46H58F2N10O12S. The van der Waals surface area contributed by atoms with E-state index < -0.39 is 94.2 Å². The largest absolute Gasteiger partial charge is 0.504 e. The molecule has 0 saturated carbocycles. The number of rotatable bonds is 19. The highest BCUT2D eigenvalue weighted by atomic mass is 32.2. The van der Waals surface area contributed by atoms with E-state index in [1.165, 1.54) is 82.3 Å². The molecule has 25 heteroatoms. The molecule has 5 rings (SSSR count). The molecule has 0 spiro atoms. The first kappa shape index (κ1) is 55.0. The van der Waals surface area contributed by atoms with Crippen molar-refractivity contribution in [3.05, 3.63) is 88.7 Å². The standard InChI is InChI=1S/C46H58F2N10O12S/c1-23(2)46(47,48)29-10-8-27(9-11-29)40-52-20-33(24(3)54-40)42(62)57-35(21-53-71(51,67)68)44(64)58(5)38-28-17-32(39(60)37(18-28)69-14-6-13-49)31-15-26(7-12-36(31)70-22-30(59)19-50)16-34(45(65)66)56-41(61)25(4)55-43(38)63/h7-12,15,17-18,20,23,25,30,34-35,38,53,59-60H,6,13-14,16,19,21-22,49-50H2,1-5H3,(H,55,63)(H,56,61)(H,57,62)(H,65,66)(H2,51,67,68)/t25-,30+,34-,35-,38-/m0/s1. The number of hydrogen-bond donors (Lipinski definition) is 10. The van der Waals surface area contributed by atoms with Gasteiger partial charge in [0.25, 0.3) is 22.0 Å². The molecule has 0 aliphatic carbocycles. The summed E-state index contributed by atoms with van der Waals surface area (Å²) < 4.78 is 67.6. The summed E-state index contributed by atoms with van der Waals surface area (Å²) >= 11 is 0. The molecule has 3 aromatic carbocycles. The Kier molecular flexibility index (Phi) is 18.1. The molecule has 1 aliphatic heterocycles. The van der Waals surface area contributed by atoms with Gasteiger partial charge in [-0.15, -0.1) is 0 Å². The fourth-order valence-corrected chi connectivity index (χ4v) is 7.72. The molecule has 0 unspecified atom stereocenters. The second kappa shape index (κ2) is 23.3. The number of carboxylic acid groups (broad SMARTS) is 1. The van der Waals surface area contributed by atoms with Crippen molar-refractivity contribution in [1.29, 1.82) is 0 Å². The Morgan fingerprint density at radius 3 is 2.30 bits per heavy atom. The van der Waals surface area contributed by atoms with Crippen LogP contribution in [0.3, 0.4) is 0 Å². The zero-order valence-corrected chi connectivity index (χ0v) is 40.3. The van der Waals surface area contributed by atoms with Crippen molar-refractivity contribution in [3.63, 3.8) is 0 Å². The van der Waals surface area contributed by atoms with Gasteiger partial charge in [-0.1, -0.05) is 44.2 Å². The number of alkyl halides is 2. The minimum Gasteiger partial charge on any atom is -0.504 e. The van der Waals surface area contributed by atoms with E-state index >= 15 is 0 Å². The van der Waals surface area contributed by atoms with Gasteiger partial charge in [0, 0.05) is 60.9 Å². The van der Waals surface area contributed by atoms with E-state index in [1.54, 1.807) is 0 Å². The van der Waals surface area contributed by atoms with E-state index in [1.807, 2.05) is 4.72 Å². The molecule has 71 heavy (non-hydrogen) atoms. The van der Waals surface area contributed by atoms with Gasteiger partial charge in [0.05, 0.1) is 17.9 Å². The van der Waals surface area contributed by atoms with Gasteiger partial charge < -0.3 is 57.1 Å². The lowest BCUT2D eigenvalue weighted by atomic mass is 9.93. The highest BCUT2D eigenvalue weighted by molar-refractivity contribution is 7.87. The maximum atomic E-state index is 14.8. The number of halogens is 2. The summed E-state index contributed by atoms with van der Waals surface area (Å²) in [6.07, 6.45) is -0.0129. The van der Waals surface area contributed by atoms with Crippen molar-refractivity contribution < 1.29 is 66.0 Å². The van der Waals surface area contributed by atoms with Gasteiger partial charge in [-0.3, -0.25) is 19.2 Å². The molecule has 1 aliphatic rings. The molecule has 4 bridgehead atoms. The van der Waals surface area contributed by atoms with Crippen molar-refractivity contribution in [2.45, 2.75) is 76.7 Å². The second-order valence-electron chi connectivity index (χ2n) is 17.1. The first-order valence-corrected chi connectivity index (χ1v) is 23.8. The molecule has 384 valence electrons. The lowest BCUT2D eigenvalue weighted by Gasteiger charge is -2.32. The quantitative estimate of drug-likeness (QED) is 0.0579. The highest BCUT2D eigenvalue weighted by Crippen LogP contribution is 2.45. The molecule has 22 nitrogen and oxygen atoms in total. The monoisotopic (exact) mass is 1010 g/mol. The van der Waals surface area contributed by atoms with Crippen LogP contribution in [0.4, 0.5) is 8.78 Å². The topological polar surface area (TPSA) is 354 Å². The summed E-state index contributed by atoms with van der Waals surface area (Å²) in [7, 11) is -3.40. The molecule has 4 amide bonds. The third-order valence-electron chi connectivity index (χ3n) is 11.4. The van der Waals surface area contributed by atoms with Gasteiger partial charge in [0.1, 0.15) is 42.6 Å². The average Bonchev–Trinajstić information content (AvgIpc) is 3.31. The van der Waals surface area contributed by atoms with Crippen LogP contribution in [-0.4, -0.2) is 132 Å². The normalized spacial score (nSPS) is 17.3. The third kappa shape index (κ3) is 13.7. The maximum absolute atomic E-state index is 14.8. The number of hydrogen-bond acceptors (Lipinski definition) is 15. The van der Waals surface area contributed by atoms with Crippen LogP contribution in [0.15, 0.2) is 60.8 Å². The first-order valence-electron chi connectivity index (χ1n) is 22.2. The summed E-state index contributed by atoms with van der Waals surface area (Å²) in [5, 5.41) is 44.9. The number of amides is 4. The maximum Gasteiger partial charge on any atom is 0.326 e. The van der Waals surface area contributed by atoms with E-state index in [2.05, 4.69) is 25.9 Å². The number of nitrogens with zero attached hydrogens (tertiary/aromatic N) is 3. The van der Waals surface area contributed by atoms with Crippen LogP contribution in [-0.2, 0) is 41.7 Å². The van der Waals surface area contributed by atoms with Crippen LogP contribution in [0, 0.1) is 12.8 Å². The number of likely N-dealkylation sites (N-methyl/N-ethyl adjacent to an activating group) is 1. The van der Waals surface area contributed by atoms with Crippen molar-refractivity contribution in [1.82, 2.24) is 35.5 Å². The summed E-state index contributed by atoms with van der Waals surface area (Å²) in [4.78, 5) is 78.8. The Morgan fingerprint density at radius 2 is 1.69 bits per heavy atom. The Hall–Kier alpha value is -6.90. The SMILES string of the molecule is Cc1nc(-c2ccc(C(F)(F)C(C)C)cc2)ncc1C(=O)N[C@@H](CNS(N)(=O)=O)C(=O)N(C)[C@@H]1C(=O)N[C@@H](C)C(=O)N[C@H](C(=O)O)Cc2ccc(OC[C@H](O)CN)c(c2)-c2cc1cc(OCCCN)c2O. The number of phenols is 1. The minimum absolute atomic E-state index is 0.0389. The van der Waals surface area contributed by atoms with Crippen molar-refractivity contribution in [2.75, 3.05) is 39.9 Å². The number of phenolic OH excluding ortho intramolecular Hbond substituents is 1. The van der Waals surface area contributed by atoms with Gasteiger partial charge in [-0.25, -0.2) is 28.7 Å². The third-order valence-corrected chi connectivity index (χ3v) is 12.0. The summed E-state index contributed by atoms with van der Waals surface area (Å²) in [5.74, 6) is -10.2. The van der Waals surface area contributed by atoms with E-state index in [0.29, 0.717) is 17.5 Å². The Bertz CT molecular complexity index is 2730. The summed E-state index contributed by atoms with van der Waals surface area (Å²) in [6, 6.07) is 5.57. The van der Waals surface area contributed by atoms with Crippen LogP contribution in [0.2, 0.25) is 0 Å². The number of carbonyl (C=O) groups is 5. The first-order chi connectivity index (χ1) is 33.4. The van der Waals surface area contributed by atoms with Crippen molar-refractivity contribution >= 4 is 39.8 Å². The van der Waals surface area contributed by atoms with Crippen LogP contribution in [0.5, 0.6) is 17.2 Å². The zero-order valence-electron chi connectivity index (χ0n) is 39.4. The van der Waals surface area contributed by atoms with Crippen molar-refractivity contribution in [3.8, 4) is 39.8 Å². The molecule has 0 fully saturated rings. The number of aromatic nitrogens is 2. The number of carboxylic acids is 1.